The highest BCUT2D eigenvalue weighted by atomic mass is 16.2. The van der Waals surface area contributed by atoms with Crippen molar-refractivity contribution in [1.82, 2.24) is 9.88 Å². The molecule has 130 valence electrons. The van der Waals surface area contributed by atoms with Crippen LogP contribution >= 0.6 is 0 Å². The highest BCUT2D eigenvalue weighted by molar-refractivity contribution is 5.94. The Labute approximate surface area is 147 Å². The van der Waals surface area contributed by atoms with E-state index in [4.69, 9.17) is 5.73 Å². The van der Waals surface area contributed by atoms with E-state index in [9.17, 15) is 9.59 Å². The number of aryl methyl sites for hydroxylation is 1. The van der Waals surface area contributed by atoms with Crippen LogP contribution in [0.25, 0.3) is 11.1 Å². The van der Waals surface area contributed by atoms with Gasteiger partial charge in [0, 0.05) is 31.2 Å². The SMILES string of the molecule is Cc1ccc(-c2ccncc2)cc1NC(=O)[C@H]1CCCN(C(N)=O)C1. The second kappa shape index (κ2) is 7.34. The predicted molar refractivity (Wildman–Crippen MR) is 96.9 cm³/mol. The van der Waals surface area contributed by atoms with E-state index in [0.29, 0.717) is 13.1 Å². The Hall–Kier alpha value is -2.89. The van der Waals surface area contributed by atoms with E-state index in [1.165, 1.54) is 4.90 Å². The van der Waals surface area contributed by atoms with E-state index < -0.39 is 6.03 Å². The molecule has 2 heterocycles. The summed E-state index contributed by atoms with van der Waals surface area (Å²) in [6.45, 7) is 2.96. The maximum Gasteiger partial charge on any atom is 0.314 e. The summed E-state index contributed by atoms with van der Waals surface area (Å²) < 4.78 is 0. The minimum atomic E-state index is -0.464. The van der Waals surface area contributed by atoms with Crippen LogP contribution in [-0.4, -0.2) is 34.9 Å². The van der Waals surface area contributed by atoms with Gasteiger partial charge in [-0.2, -0.15) is 0 Å². The Kier molecular flexibility index (Phi) is 4.97. The Morgan fingerprint density at radius 3 is 2.68 bits per heavy atom. The number of hydrogen-bond acceptors (Lipinski definition) is 3. The van der Waals surface area contributed by atoms with Crippen molar-refractivity contribution in [2.45, 2.75) is 19.8 Å². The highest BCUT2D eigenvalue weighted by Crippen LogP contribution is 2.26. The number of benzene rings is 1. The third-order valence-electron chi connectivity index (χ3n) is 4.61. The molecule has 0 spiro atoms. The summed E-state index contributed by atoms with van der Waals surface area (Å²) >= 11 is 0. The van der Waals surface area contributed by atoms with Crippen molar-refractivity contribution in [2.24, 2.45) is 11.7 Å². The summed E-state index contributed by atoms with van der Waals surface area (Å²) in [4.78, 5) is 29.5. The summed E-state index contributed by atoms with van der Waals surface area (Å²) in [5.74, 6) is -0.300. The molecular formula is C19H22N4O2. The van der Waals surface area contributed by atoms with E-state index in [0.717, 1.165) is 35.2 Å². The van der Waals surface area contributed by atoms with Crippen LogP contribution in [0.5, 0.6) is 0 Å². The van der Waals surface area contributed by atoms with Crippen LogP contribution < -0.4 is 11.1 Å². The third-order valence-corrected chi connectivity index (χ3v) is 4.61. The lowest BCUT2D eigenvalue weighted by Crippen LogP contribution is -2.46. The van der Waals surface area contributed by atoms with E-state index in [2.05, 4.69) is 10.3 Å². The van der Waals surface area contributed by atoms with Gasteiger partial charge in [0.1, 0.15) is 0 Å². The maximum absolute atomic E-state index is 12.6. The molecule has 1 aliphatic rings. The van der Waals surface area contributed by atoms with Crippen molar-refractivity contribution in [3.63, 3.8) is 0 Å². The number of carbonyl (C=O) groups excluding carboxylic acids is 2. The standard InChI is InChI=1S/C19H22N4O2/c1-13-4-5-15(14-6-8-21-9-7-14)11-17(13)22-18(24)16-3-2-10-23(12-16)19(20)25/h4-9,11,16H,2-3,10,12H2,1H3,(H2,20,25)(H,22,24)/t16-/m0/s1. The predicted octanol–water partition coefficient (Wildman–Crippen LogP) is 2.79. The molecule has 25 heavy (non-hydrogen) atoms. The Morgan fingerprint density at radius 1 is 1.20 bits per heavy atom. The van der Waals surface area contributed by atoms with E-state index in [1.54, 1.807) is 12.4 Å². The monoisotopic (exact) mass is 338 g/mol. The number of pyridine rings is 1. The fourth-order valence-electron chi connectivity index (χ4n) is 3.11. The zero-order chi connectivity index (χ0) is 17.8. The molecule has 3 amide bonds. The number of nitrogens with two attached hydrogens (primary N) is 1. The van der Waals surface area contributed by atoms with Crippen molar-refractivity contribution in [3.05, 3.63) is 48.3 Å². The lowest BCUT2D eigenvalue weighted by Gasteiger charge is -2.30. The second-order valence-corrected chi connectivity index (χ2v) is 6.38. The molecule has 0 unspecified atom stereocenters. The van der Waals surface area contributed by atoms with Gasteiger partial charge < -0.3 is 16.0 Å². The number of carbonyl (C=O) groups is 2. The number of anilines is 1. The summed E-state index contributed by atoms with van der Waals surface area (Å²) in [7, 11) is 0. The fraction of sp³-hybridized carbons (Fsp3) is 0.316. The number of aromatic nitrogens is 1. The van der Waals surface area contributed by atoms with Crippen LogP contribution in [0.15, 0.2) is 42.7 Å². The number of nitrogens with one attached hydrogen (secondary N) is 1. The van der Waals surface area contributed by atoms with Crippen LogP contribution in [0.3, 0.4) is 0 Å². The molecule has 3 rings (SSSR count). The molecule has 3 N–H and O–H groups in total. The van der Waals surface area contributed by atoms with Gasteiger partial charge in [-0.25, -0.2) is 4.79 Å². The smallest absolute Gasteiger partial charge is 0.314 e. The molecule has 1 aliphatic heterocycles. The van der Waals surface area contributed by atoms with Gasteiger partial charge in [-0.05, 0) is 54.7 Å². The number of piperidine rings is 1. The Balaban J connectivity index is 1.76. The van der Waals surface area contributed by atoms with Crippen molar-refractivity contribution in [1.29, 1.82) is 0 Å². The molecule has 0 radical (unpaired) electrons. The average Bonchev–Trinajstić information content (AvgIpc) is 2.64. The Bertz CT molecular complexity index is 776. The largest absolute Gasteiger partial charge is 0.351 e. The van der Waals surface area contributed by atoms with Crippen molar-refractivity contribution in [2.75, 3.05) is 18.4 Å². The molecule has 6 nitrogen and oxygen atoms in total. The summed E-state index contributed by atoms with van der Waals surface area (Å²) in [5, 5.41) is 3.02. The first-order valence-corrected chi connectivity index (χ1v) is 8.41. The van der Waals surface area contributed by atoms with Gasteiger partial charge in [0.15, 0.2) is 0 Å². The average molecular weight is 338 g/mol. The second-order valence-electron chi connectivity index (χ2n) is 6.38. The van der Waals surface area contributed by atoms with Crippen LogP contribution in [-0.2, 0) is 4.79 Å². The number of likely N-dealkylation sites (tertiary alicyclic amines) is 1. The lowest BCUT2D eigenvalue weighted by molar-refractivity contribution is -0.121. The normalized spacial score (nSPS) is 17.2. The molecule has 6 heteroatoms. The minimum Gasteiger partial charge on any atom is -0.351 e. The van der Waals surface area contributed by atoms with Gasteiger partial charge >= 0.3 is 6.03 Å². The van der Waals surface area contributed by atoms with E-state index in [1.807, 2.05) is 37.3 Å². The maximum atomic E-state index is 12.6. The van der Waals surface area contributed by atoms with Gasteiger partial charge in [0.05, 0.1) is 5.92 Å². The number of nitrogens with zero attached hydrogens (tertiary/aromatic N) is 2. The molecule has 1 aromatic heterocycles. The highest BCUT2D eigenvalue weighted by Gasteiger charge is 2.27. The topological polar surface area (TPSA) is 88.3 Å². The quantitative estimate of drug-likeness (QED) is 0.902. The van der Waals surface area contributed by atoms with E-state index >= 15 is 0 Å². The van der Waals surface area contributed by atoms with Crippen LogP contribution in [0.4, 0.5) is 10.5 Å². The molecule has 1 atom stereocenters. The fourth-order valence-corrected chi connectivity index (χ4v) is 3.11. The van der Waals surface area contributed by atoms with E-state index in [-0.39, 0.29) is 11.8 Å². The first-order chi connectivity index (χ1) is 12.0. The number of amides is 3. The Morgan fingerprint density at radius 2 is 1.96 bits per heavy atom. The molecule has 1 aromatic carbocycles. The van der Waals surface area contributed by atoms with Gasteiger partial charge in [-0.1, -0.05) is 12.1 Å². The van der Waals surface area contributed by atoms with Crippen molar-refractivity contribution >= 4 is 17.6 Å². The lowest BCUT2D eigenvalue weighted by atomic mass is 9.96. The molecule has 0 saturated carbocycles. The molecule has 2 aromatic rings. The van der Waals surface area contributed by atoms with Gasteiger partial charge in [0.2, 0.25) is 5.91 Å². The van der Waals surface area contributed by atoms with Gasteiger partial charge in [-0.3, -0.25) is 9.78 Å². The van der Waals surface area contributed by atoms with Gasteiger partial charge in [0.25, 0.3) is 0 Å². The van der Waals surface area contributed by atoms with Crippen molar-refractivity contribution < 1.29 is 9.59 Å². The van der Waals surface area contributed by atoms with Crippen LogP contribution in [0.2, 0.25) is 0 Å². The summed E-state index contributed by atoms with van der Waals surface area (Å²) in [6, 6.07) is 9.38. The van der Waals surface area contributed by atoms with Crippen LogP contribution in [0.1, 0.15) is 18.4 Å². The molecule has 1 saturated heterocycles. The number of primary amides is 1. The zero-order valence-corrected chi connectivity index (χ0v) is 14.2. The molecular weight excluding hydrogens is 316 g/mol. The minimum absolute atomic E-state index is 0.0686. The first kappa shape index (κ1) is 17.0. The first-order valence-electron chi connectivity index (χ1n) is 8.41. The zero-order valence-electron chi connectivity index (χ0n) is 14.2. The van der Waals surface area contributed by atoms with Crippen molar-refractivity contribution in [3.8, 4) is 11.1 Å². The summed E-state index contributed by atoms with van der Waals surface area (Å²) in [6.07, 6.45) is 5.04. The third kappa shape index (κ3) is 3.96. The van der Waals surface area contributed by atoms with Crippen LogP contribution in [0, 0.1) is 12.8 Å². The number of hydrogen-bond donors (Lipinski definition) is 2. The number of urea groups is 1. The number of rotatable bonds is 3. The molecule has 0 bridgehead atoms. The molecule has 1 fully saturated rings. The summed E-state index contributed by atoms with van der Waals surface area (Å²) in [5.41, 5.74) is 9.19. The van der Waals surface area contributed by atoms with Gasteiger partial charge in [-0.15, -0.1) is 0 Å². The molecule has 0 aliphatic carbocycles.